The van der Waals surface area contributed by atoms with Crippen LogP contribution in [0.25, 0.3) is 0 Å². The van der Waals surface area contributed by atoms with Gasteiger partial charge in [-0.25, -0.2) is 4.79 Å². The Labute approximate surface area is 147 Å². The molecule has 1 aliphatic carbocycles. The van der Waals surface area contributed by atoms with Crippen molar-refractivity contribution >= 4 is 23.6 Å². The molecule has 136 valence electrons. The zero-order valence-electron chi connectivity index (χ0n) is 14.7. The van der Waals surface area contributed by atoms with E-state index in [9.17, 15) is 19.5 Å². The molecule has 0 spiro atoms. The molecule has 3 N–H and O–H groups in total. The number of carbonyl (C=O) groups excluding carboxylic acids is 2. The number of carboxylic acid groups (broad SMARTS) is 1. The first-order chi connectivity index (χ1) is 11.8. The molecule has 0 bridgehead atoms. The smallest absolute Gasteiger partial charge is 0.321 e. The van der Waals surface area contributed by atoms with Crippen molar-refractivity contribution in [1.29, 1.82) is 0 Å². The third-order valence-electron chi connectivity index (χ3n) is 4.46. The lowest BCUT2D eigenvalue weighted by atomic mass is 9.79. The van der Waals surface area contributed by atoms with Gasteiger partial charge in [-0.2, -0.15) is 0 Å². The predicted molar refractivity (Wildman–Crippen MR) is 94.7 cm³/mol. The molecule has 1 aromatic carbocycles. The lowest BCUT2D eigenvalue weighted by Crippen LogP contribution is -2.51. The SMILES string of the molecule is CN(C)C(=O)Nc1cccc(C(=O)NC2(CC(=O)O)CCCCC2)c1. The van der Waals surface area contributed by atoms with Gasteiger partial charge in [0.2, 0.25) is 0 Å². The number of hydrogen-bond donors (Lipinski definition) is 3. The third-order valence-corrected chi connectivity index (χ3v) is 4.46. The van der Waals surface area contributed by atoms with E-state index >= 15 is 0 Å². The predicted octanol–water partition coefficient (Wildman–Crippen LogP) is 2.69. The largest absolute Gasteiger partial charge is 0.481 e. The molecule has 7 heteroatoms. The van der Waals surface area contributed by atoms with Crippen molar-refractivity contribution in [3.63, 3.8) is 0 Å². The highest BCUT2D eigenvalue weighted by Gasteiger charge is 2.36. The molecule has 0 radical (unpaired) electrons. The summed E-state index contributed by atoms with van der Waals surface area (Å²) in [6, 6.07) is 6.34. The van der Waals surface area contributed by atoms with Crippen LogP contribution in [0.1, 0.15) is 48.9 Å². The molecular weight excluding hydrogens is 322 g/mol. The van der Waals surface area contributed by atoms with Crippen molar-refractivity contribution in [2.24, 2.45) is 0 Å². The summed E-state index contributed by atoms with van der Waals surface area (Å²) in [5.41, 5.74) is 0.221. The van der Waals surface area contributed by atoms with Crippen molar-refractivity contribution in [2.45, 2.75) is 44.1 Å². The highest BCUT2D eigenvalue weighted by molar-refractivity contribution is 5.97. The summed E-state index contributed by atoms with van der Waals surface area (Å²) in [5, 5.41) is 14.8. The molecule has 1 fully saturated rings. The van der Waals surface area contributed by atoms with Gasteiger partial charge in [-0.05, 0) is 31.0 Å². The number of rotatable bonds is 5. The summed E-state index contributed by atoms with van der Waals surface area (Å²) in [5.74, 6) is -1.22. The first kappa shape index (κ1) is 18.8. The van der Waals surface area contributed by atoms with Crippen LogP contribution in [0.15, 0.2) is 24.3 Å². The number of nitrogens with one attached hydrogen (secondary N) is 2. The zero-order valence-corrected chi connectivity index (χ0v) is 14.7. The Morgan fingerprint density at radius 1 is 1.16 bits per heavy atom. The summed E-state index contributed by atoms with van der Waals surface area (Å²) < 4.78 is 0. The quantitative estimate of drug-likeness (QED) is 0.762. The minimum Gasteiger partial charge on any atom is -0.481 e. The summed E-state index contributed by atoms with van der Waals surface area (Å²) >= 11 is 0. The van der Waals surface area contributed by atoms with Crippen LogP contribution in [0.2, 0.25) is 0 Å². The normalized spacial score (nSPS) is 15.9. The van der Waals surface area contributed by atoms with Gasteiger partial charge in [0, 0.05) is 25.3 Å². The van der Waals surface area contributed by atoms with Crippen LogP contribution in [0.4, 0.5) is 10.5 Å². The van der Waals surface area contributed by atoms with E-state index in [1.54, 1.807) is 38.4 Å². The van der Waals surface area contributed by atoms with E-state index in [4.69, 9.17) is 0 Å². The number of urea groups is 1. The van der Waals surface area contributed by atoms with Gasteiger partial charge in [-0.1, -0.05) is 25.3 Å². The van der Waals surface area contributed by atoms with Crippen LogP contribution in [-0.4, -0.2) is 47.5 Å². The molecule has 1 saturated carbocycles. The molecule has 25 heavy (non-hydrogen) atoms. The topological polar surface area (TPSA) is 98.7 Å². The van der Waals surface area contributed by atoms with E-state index in [1.807, 2.05) is 0 Å². The van der Waals surface area contributed by atoms with Crippen LogP contribution in [-0.2, 0) is 4.79 Å². The van der Waals surface area contributed by atoms with Crippen LogP contribution < -0.4 is 10.6 Å². The number of anilines is 1. The molecule has 7 nitrogen and oxygen atoms in total. The first-order valence-corrected chi connectivity index (χ1v) is 8.44. The maximum atomic E-state index is 12.6. The molecule has 0 heterocycles. The minimum atomic E-state index is -0.908. The Balaban J connectivity index is 2.13. The van der Waals surface area contributed by atoms with Crippen LogP contribution in [0.3, 0.4) is 0 Å². The average molecular weight is 347 g/mol. The van der Waals surface area contributed by atoms with Crippen molar-refractivity contribution in [3.8, 4) is 0 Å². The number of aliphatic carboxylic acids is 1. The van der Waals surface area contributed by atoms with Crippen LogP contribution in [0, 0.1) is 0 Å². The van der Waals surface area contributed by atoms with Crippen molar-refractivity contribution < 1.29 is 19.5 Å². The first-order valence-electron chi connectivity index (χ1n) is 8.44. The van der Waals surface area contributed by atoms with Gasteiger partial charge < -0.3 is 20.6 Å². The van der Waals surface area contributed by atoms with Crippen LogP contribution >= 0.6 is 0 Å². The fraction of sp³-hybridized carbons (Fsp3) is 0.500. The maximum absolute atomic E-state index is 12.6. The van der Waals surface area contributed by atoms with Gasteiger partial charge in [0.1, 0.15) is 0 Å². The number of benzene rings is 1. The highest BCUT2D eigenvalue weighted by atomic mass is 16.4. The molecule has 0 atom stereocenters. The van der Waals surface area contributed by atoms with E-state index in [-0.39, 0.29) is 18.4 Å². The molecule has 0 aromatic heterocycles. The number of amides is 3. The molecule has 0 unspecified atom stereocenters. The summed E-state index contributed by atoms with van der Waals surface area (Å²) in [6.07, 6.45) is 4.14. The van der Waals surface area contributed by atoms with E-state index in [0.29, 0.717) is 24.1 Å². The third kappa shape index (κ3) is 5.20. The second-order valence-electron chi connectivity index (χ2n) is 6.77. The molecule has 0 aliphatic heterocycles. The number of carbonyl (C=O) groups is 3. The van der Waals surface area contributed by atoms with E-state index in [0.717, 1.165) is 19.3 Å². The zero-order chi connectivity index (χ0) is 18.4. The molecule has 2 rings (SSSR count). The van der Waals surface area contributed by atoms with Crippen molar-refractivity contribution in [2.75, 3.05) is 19.4 Å². The van der Waals surface area contributed by atoms with Gasteiger partial charge in [-0.3, -0.25) is 9.59 Å². The van der Waals surface area contributed by atoms with Gasteiger partial charge in [0.05, 0.1) is 12.0 Å². The van der Waals surface area contributed by atoms with E-state index in [2.05, 4.69) is 10.6 Å². The second kappa shape index (κ2) is 8.00. The van der Waals surface area contributed by atoms with Crippen molar-refractivity contribution in [3.05, 3.63) is 29.8 Å². The lowest BCUT2D eigenvalue weighted by Gasteiger charge is -2.37. The van der Waals surface area contributed by atoms with Crippen LogP contribution in [0.5, 0.6) is 0 Å². The maximum Gasteiger partial charge on any atom is 0.321 e. The van der Waals surface area contributed by atoms with E-state index in [1.165, 1.54) is 4.90 Å². The Morgan fingerprint density at radius 2 is 1.84 bits per heavy atom. The second-order valence-corrected chi connectivity index (χ2v) is 6.77. The summed E-state index contributed by atoms with van der Waals surface area (Å²) in [4.78, 5) is 37.0. The van der Waals surface area contributed by atoms with E-state index < -0.39 is 11.5 Å². The number of carboxylic acids is 1. The molecule has 1 aromatic rings. The van der Waals surface area contributed by atoms with Crippen molar-refractivity contribution in [1.82, 2.24) is 10.2 Å². The Kier molecular flexibility index (Phi) is 6.01. The summed E-state index contributed by atoms with van der Waals surface area (Å²) in [6.45, 7) is 0. The number of hydrogen-bond acceptors (Lipinski definition) is 3. The highest BCUT2D eigenvalue weighted by Crippen LogP contribution is 2.31. The fourth-order valence-corrected chi connectivity index (χ4v) is 3.15. The average Bonchev–Trinajstić information content (AvgIpc) is 2.55. The minimum absolute atomic E-state index is 0.0736. The molecule has 3 amide bonds. The molecule has 1 aliphatic rings. The molecular formula is C18H25N3O4. The standard InChI is InChI=1S/C18H25N3O4/c1-21(2)17(25)19-14-8-6-7-13(11-14)16(24)20-18(12-15(22)23)9-4-3-5-10-18/h6-8,11H,3-5,9-10,12H2,1-2H3,(H,19,25)(H,20,24)(H,22,23). The Hall–Kier alpha value is -2.57. The monoisotopic (exact) mass is 347 g/mol. The van der Waals surface area contributed by atoms with Gasteiger partial charge in [-0.15, -0.1) is 0 Å². The Bertz CT molecular complexity index is 651. The van der Waals surface area contributed by atoms with Gasteiger partial charge in [0.25, 0.3) is 5.91 Å². The lowest BCUT2D eigenvalue weighted by molar-refractivity contribution is -0.139. The van der Waals surface area contributed by atoms with Gasteiger partial charge >= 0.3 is 12.0 Å². The fourth-order valence-electron chi connectivity index (χ4n) is 3.15. The summed E-state index contributed by atoms with van der Waals surface area (Å²) in [7, 11) is 3.26. The van der Waals surface area contributed by atoms with Gasteiger partial charge in [0.15, 0.2) is 0 Å². The number of nitrogens with zero attached hydrogens (tertiary/aromatic N) is 1. The molecule has 0 saturated heterocycles. The Morgan fingerprint density at radius 3 is 2.44 bits per heavy atom.